The summed E-state index contributed by atoms with van der Waals surface area (Å²) in [6.07, 6.45) is 0. The molecule has 0 N–H and O–H groups in total. The number of rotatable bonds is 12. The molecule has 0 aliphatic carbocycles. The SMILES string of the molecule is Cc1ccc(-n2c3ccc(-c4ccccc4)cc3c3cc(-c4ccccc4)ccc32)cc1.Cc1ccc(-n2c3ccc(-c4ccccc4)cc3c3ccc(-c4ccccc4)cc32)cc1.Cc1cccc(-n2c3ccc(-c4ccccc4)cc3c3cc(-c4ccccc4)ccc32)c1.Cc1ccccc1-n1c2ccc(-c3ccccc3)cc2c2cc(-c3ccccc3)ccc21. The van der Waals surface area contributed by atoms with Crippen molar-refractivity contribution in [1.29, 1.82) is 0 Å². The first-order valence-electron chi connectivity index (χ1n) is 44.2. The van der Waals surface area contributed by atoms with Crippen LogP contribution in [0.2, 0.25) is 0 Å². The molecule has 4 heterocycles. The van der Waals surface area contributed by atoms with Gasteiger partial charge in [0.1, 0.15) is 0 Å². The molecule has 4 heteroatoms. The molecular formula is C124H92N4. The molecule has 4 nitrogen and oxygen atoms in total. The lowest BCUT2D eigenvalue weighted by Gasteiger charge is -2.11. The van der Waals surface area contributed by atoms with Gasteiger partial charge in [0.25, 0.3) is 0 Å². The van der Waals surface area contributed by atoms with Gasteiger partial charge in [-0.1, -0.05) is 363 Å². The lowest BCUT2D eigenvalue weighted by Crippen LogP contribution is -1.96. The molecule has 0 fully saturated rings. The summed E-state index contributed by atoms with van der Waals surface area (Å²) in [5.74, 6) is 0. The Balaban J connectivity index is 0.000000104. The predicted octanol–water partition coefficient (Wildman–Crippen LogP) is 33.7. The summed E-state index contributed by atoms with van der Waals surface area (Å²) < 4.78 is 9.57. The number of nitrogens with zero attached hydrogens (tertiary/aromatic N) is 4. The number of fused-ring (bicyclic) bond motifs is 12. The van der Waals surface area contributed by atoms with Crippen molar-refractivity contribution in [1.82, 2.24) is 18.3 Å². The van der Waals surface area contributed by atoms with E-state index in [9.17, 15) is 0 Å². The Labute approximate surface area is 747 Å². The van der Waals surface area contributed by atoms with Crippen molar-refractivity contribution in [2.75, 3.05) is 0 Å². The van der Waals surface area contributed by atoms with Crippen LogP contribution in [0.1, 0.15) is 22.3 Å². The van der Waals surface area contributed by atoms with E-state index in [4.69, 9.17) is 0 Å². The van der Waals surface area contributed by atoms with E-state index >= 15 is 0 Å². The van der Waals surface area contributed by atoms with Crippen molar-refractivity contribution < 1.29 is 0 Å². The van der Waals surface area contributed by atoms with E-state index < -0.39 is 0 Å². The molecule has 608 valence electrons. The maximum absolute atomic E-state index is 2.41. The minimum Gasteiger partial charge on any atom is -0.309 e. The molecule has 0 amide bonds. The van der Waals surface area contributed by atoms with Gasteiger partial charge >= 0.3 is 0 Å². The Morgan fingerprint density at radius 2 is 0.359 bits per heavy atom. The van der Waals surface area contributed by atoms with Crippen LogP contribution in [0.4, 0.5) is 0 Å². The third kappa shape index (κ3) is 15.5. The summed E-state index contributed by atoms with van der Waals surface area (Å²) in [4.78, 5) is 0. The molecular weight excluding hydrogens is 1550 g/mol. The fourth-order valence-electron chi connectivity index (χ4n) is 18.6. The molecule has 0 saturated carbocycles. The average Bonchev–Trinajstić information content (AvgIpc) is 1.61. The Kier molecular flexibility index (Phi) is 21.4. The first-order valence-corrected chi connectivity index (χ1v) is 44.2. The second-order valence-corrected chi connectivity index (χ2v) is 33.4. The lowest BCUT2D eigenvalue weighted by atomic mass is 10.0. The number of aryl methyl sites for hydroxylation is 4. The lowest BCUT2D eigenvalue weighted by molar-refractivity contribution is 1.15. The molecule has 0 bridgehead atoms. The first kappa shape index (κ1) is 78.8. The molecule has 0 aliphatic heterocycles. The molecule has 4 aromatic heterocycles. The molecule has 0 aliphatic rings. The molecule has 24 rings (SSSR count). The highest BCUT2D eigenvalue weighted by Gasteiger charge is 2.21. The van der Waals surface area contributed by atoms with Gasteiger partial charge in [-0.25, -0.2) is 0 Å². The second-order valence-electron chi connectivity index (χ2n) is 33.4. The first-order chi connectivity index (χ1) is 63.1. The van der Waals surface area contributed by atoms with E-state index in [1.807, 2.05) is 0 Å². The van der Waals surface area contributed by atoms with Gasteiger partial charge in [-0.05, 0) is 261 Å². The van der Waals surface area contributed by atoms with Crippen LogP contribution in [0.3, 0.4) is 0 Å². The summed E-state index contributed by atoms with van der Waals surface area (Å²) in [5, 5.41) is 10.2. The minimum absolute atomic E-state index is 1.19. The maximum Gasteiger partial charge on any atom is 0.0547 e. The molecule has 24 aromatic rings. The van der Waals surface area contributed by atoms with Gasteiger partial charge in [0, 0.05) is 65.8 Å². The third-order valence-corrected chi connectivity index (χ3v) is 25.1. The smallest absolute Gasteiger partial charge is 0.0547 e. The second kappa shape index (κ2) is 34.7. The zero-order chi connectivity index (χ0) is 86.0. The van der Waals surface area contributed by atoms with Crippen LogP contribution in [0.15, 0.2) is 485 Å². The summed E-state index contributed by atoms with van der Waals surface area (Å²) in [6.45, 7) is 8.60. The Morgan fingerprint density at radius 1 is 0.125 bits per heavy atom. The van der Waals surface area contributed by atoms with E-state index in [0.717, 1.165) is 0 Å². The zero-order valence-corrected chi connectivity index (χ0v) is 72.0. The van der Waals surface area contributed by atoms with E-state index in [0.29, 0.717) is 0 Å². The number of hydrogen-bond donors (Lipinski definition) is 0. The average molecular weight is 1640 g/mol. The number of hydrogen-bond acceptors (Lipinski definition) is 0. The number of para-hydroxylation sites is 1. The van der Waals surface area contributed by atoms with Crippen LogP contribution in [-0.2, 0) is 0 Å². The Bertz CT molecular complexity index is 7830. The number of aromatic nitrogens is 4. The van der Waals surface area contributed by atoms with E-state index in [2.05, 4.69) is 531 Å². The van der Waals surface area contributed by atoms with E-state index in [-0.39, 0.29) is 0 Å². The molecule has 20 aromatic carbocycles. The monoisotopic (exact) mass is 1640 g/mol. The summed E-state index contributed by atoms with van der Waals surface area (Å²) in [6, 6.07) is 175. The van der Waals surface area contributed by atoms with Crippen LogP contribution in [0, 0.1) is 27.7 Å². The summed E-state index contributed by atoms with van der Waals surface area (Å²) in [5.41, 5.74) is 39.6. The van der Waals surface area contributed by atoms with Crippen molar-refractivity contribution in [2.24, 2.45) is 0 Å². The molecule has 0 radical (unpaired) electrons. The van der Waals surface area contributed by atoms with Crippen molar-refractivity contribution in [3.63, 3.8) is 0 Å². The molecule has 0 spiro atoms. The third-order valence-electron chi connectivity index (χ3n) is 25.1. The van der Waals surface area contributed by atoms with E-state index in [1.54, 1.807) is 0 Å². The van der Waals surface area contributed by atoms with Crippen molar-refractivity contribution in [2.45, 2.75) is 27.7 Å². The van der Waals surface area contributed by atoms with Gasteiger partial charge in [0.2, 0.25) is 0 Å². The summed E-state index contributed by atoms with van der Waals surface area (Å²) >= 11 is 0. The highest BCUT2D eigenvalue weighted by molar-refractivity contribution is 6.15. The topological polar surface area (TPSA) is 19.7 Å². The van der Waals surface area contributed by atoms with Gasteiger partial charge in [-0.15, -0.1) is 0 Å². The molecule has 128 heavy (non-hydrogen) atoms. The van der Waals surface area contributed by atoms with Gasteiger partial charge in [0.05, 0.1) is 44.1 Å². The van der Waals surface area contributed by atoms with Crippen molar-refractivity contribution in [3.05, 3.63) is 508 Å². The minimum atomic E-state index is 1.19. The van der Waals surface area contributed by atoms with Crippen molar-refractivity contribution >= 4 is 87.2 Å². The number of benzene rings is 20. The highest BCUT2D eigenvalue weighted by atomic mass is 15.0. The molecule has 0 unspecified atom stereocenters. The van der Waals surface area contributed by atoms with Crippen LogP contribution < -0.4 is 0 Å². The summed E-state index contributed by atoms with van der Waals surface area (Å²) in [7, 11) is 0. The normalized spacial score (nSPS) is 11.3. The van der Waals surface area contributed by atoms with E-state index in [1.165, 1.54) is 221 Å². The fraction of sp³-hybridized carbons (Fsp3) is 0.0323. The Hall–Kier alpha value is -16.4. The Morgan fingerprint density at radius 3 is 0.641 bits per heavy atom. The fourth-order valence-corrected chi connectivity index (χ4v) is 18.6. The van der Waals surface area contributed by atoms with Gasteiger partial charge in [0.15, 0.2) is 0 Å². The highest BCUT2D eigenvalue weighted by Crippen LogP contribution is 2.44. The van der Waals surface area contributed by atoms with Crippen LogP contribution in [0.25, 0.3) is 199 Å². The van der Waals surface area contributed by atoms with Crippen LogP contribution in [0.5, 0.6) is 0 Å². The standard InChI is InChI=1S/4C31H23N/c1-22-10-8-9-15-29(22)32-30-18-16-25(23-11-4-2-5-12-23)20-27(30)28-21-26(17-19-31(28)32)24-13-6-3-7-14-24;1-22-9-8-14-27(19-22)32-30-17-15-25(23-10-4-2-5-11-23)20-28(30)29-21-26(16-18-31(29)32)24-12-6-3-7-13-24;1-22-12-16-27(17-13-22)32-30-19-15-25(23-8-4-2-5-9-23)20-29(30)28-18-14-26(21-31(28)32)24-10-6-3-7-11-24;1-22-12-16-27(17-13-22)32-30-18-14-25(23-8-4-2-5-9-23)20-28(30)29-21-26(15-19-31(29)32)24-10-6-3-7-11-24/h4*2-21H,1H3. The molecule has 0 saturated heterocycles. The van der Waals surface area contributed by atoms with Gasteiger partial charge < -0.3 is 18.3 Å². The quantitative estimate of drug-likeness (QED) is 0.116. The predicted molar refractivity (Wildman–Crippen MR) is 546 cm³/mol. The van der Waals surface area contributed by atoms with Crippen LogP contribution in [-0.4, -0.2) is 18.3 Å². The van der Waals surface area contributed by atoms with Gasteiger partial charge in [-0.2, -0.15) is 0 Å². The molecule has 0 atom stereocenters. The van der Waals surface area contributed by atoms with Gasteiger partial charge in [-0.3, -0.25) is 0 Å². The maximum atomic E-state index is 2.41. The van der Waals surface area contributed by atoms with Crippen LogP contribution >= 0.6 is 0 Å². The van der Waals surface area contributed by atoms with Crippen molar-refractivity contribution in [3.8, 4) is 112 Å². The largest absolute Gasteiger partial charge is 0.309 e. The zero-order valence-electron chi connectivity index (χ0n) is 72.0.